The maximum atomic E-state index is 5.80. The van der Waals surface area contributed by atoms with Crippen LogP contribution >= 0.6 is 23.6 Å². The van der Waals surface area contributed by atoms with E-state index in [2.05, 4.69) is 27.4 Å². The summed E-state index contributed by atoms with van der Waals surface area (Å²) in [5.41, 5.74) is 8.38. The SMILES string of the molecule is Cc1nnc(NCC(C)c2nccs2)c(C(N)=S)c1C. The summed E-state index contributed by atoms with van der Waals surface area (Å²) in [6.45, 7) is 6.67. The fourth-order valence-electron chi connectivity index (χ4n) is 1.85. The van der Waals surface area contributed by atoms with Gasteiger partial charge in [0.1, 0.15) is 4.99 Å². The summed E-state index contributed by atoms with van der Waals surface area (Å²) in [6, 6.07) is 0. The van der Waals surface area contributed by atoms with E-state index in [-0.39, 0.29) is 5.92 Å². The summed E-state index contributed by atoms with van der Waals surface area (Å²) in [6.07, 6.45) is 1.81. The van der Waals surface area contributed by atoms with Gasteiger partial charge in [-0.05, 0) is 19.4 Å². The first-order chi connectivity index (χ1) is 9.50. The van der Waals surface area contributed by atoms with Gasteiger partial charge in [0.15, 0.2) is 5.82 Å². The Morgan fingerprint density at radius 3 is 2.80 bits per heavy atom. The summed E-state index contributed by atoms with van der Waals surface area (Å²) in [5, 5.41) is 14.6. The molecule has 0 radical (unpaired) electrons. The third-order valence-electron chi connectivity index (χ3n) is 3.15. The summed E-state index contributed by atoms with van der Waals surface area (Å²) in [5.74, 6) is 0.932. The van der Waals surface area contributed by atoms with E-state index in [4.69, 9.17) is 18.0 Å². The molecule has 2 aromatic heterocycles. The van der Waals surface area contributed by atoms with Gasteiger partial charge in [-0.25, -0.2) is 4.98 Å². The van der Waals surface area contributed by atoms with Crippen LogP contribution in [0.3, 0.4) is 0 Å². The van der Waals surface area contributed by atoms with Crippen molar-refractivity contribution in [2.45, 2.75) is 26.7 Å². The van der Waals surface area contributed by atoms with Gasteiger partial charge in [-0.3, -0.25) is 0 Å². The second kappa shape index (κ2) is 6.23. The molecule has 0 saturated carbocycles. The highest BCUT2D eigenvalue weighted by Crippen LogP contribution is 2.21. The molecule has 0 bridgehead atoms. The summed E-state index contributed by atoms with van der Waals surface area (Å²) in [4.78, 5) is 4.65. The Labute approximate surface area is 127 Å². The minimum atomic E-state index is 0.289. The molecular formula is C13H17N5S2. The highest BCUT2D eigenvalue weighted by atomic mass is 32.1. The van der Waals surface area contributed by atoms with Crippen LogP contribution in [0.1, 0.15) is 34.7 Å². The second-order valence-corrected chi connectivity index (χ2v) is 6.02. The summed E-state index contributed by atoms with van der Waals surface area (Å²) in [7, 11) is 0. The highest BCUT2D eigenvalue weighted by Gasteiger charge is 2.15. The average molecular weight is 307 g/mol. The van der Waals surface area contributed by atoms with Crippen LogP contribution in [-0.4, -0.2) is 26.7 Å². The molecule has 0 aliphatic rings. The molecule has 7 heteroatoms. The number of nitrogens with zero attached hydrogens (tertiary/aromatic N) is 3. The van der Waals surface area contributed by atoms with Crippen molar-refractivity contribution in [3.8, 4) is 0 Å². The number of nitrogens with two attached hydrogens (primary N) is 1. The molecule has 0 fully saturated rings. The van der Waals surface area contributed by atoms with E-state index in [0.29, 0.717) is 17.4 Å². The van der Waals surface area contributed by atoms with Gasteiger partial charge in [-0.2, -0.15) is 5.10 Å². The van der Waals surface area contributed by atoms with E-state index in [0.717, 1.165) is 21.8 Å². The Morgan fingerprint density at radius 2 is 2.20 bits per heavy atom. The van der Waals surface area contributed by atoms with Gasteiger partial charge in [-0.1, -0.05) is 19.1 Å². The minimum Gasteiger partial charge on any atom is -0.389 e. The molecule has 106 valence electrons. The minimum absolute atomic E-state index is 0.289. The fraction of sp³-hybridized carbons (Fsp3) is 0.385. The zero-order chi connectivity index (χ0) is 14.7. The van der Waals surface area contributed by atoms with Gasteiger partial charge in [0, 0.05) is 24.0 Å². The monoisotopic (exact) mass is 307 g/mol. The predicted octanol–water partition coefficient (Wildman–Crippen LogP) is 2.40. The maximum Gasteiger partial charge on any atom is 0.159 e. The van der Waals surface area contributed by atoms with Crippen molar-refractivity contribution in [3.63, 3.8) is 0 Å². The quantitative estimate of drug-likeness (QED) is 0.826. The maximum absolute atomic E-state index is 5.80. The number of aromatic nitrogens is 3. The highest BCUT2D eigenvalue weighted by molar-refractivity contribution is 7.80. The Morgan fingerprint density at radius 1 is 1.45 bits per heavy atom. The van der Waals surface area contributed by atoms with Crippen LogP contribution in [0, 0.1) is 13.8 Å². The molecule has 2 aromatic rings. The van der Waals surface area contributed by atoms with Crippen LogP contribution in [0.15, 0.2) is 11.6 Å². The molecule has 1 unspecified atom stereocenters. The first-order valence-corrected chi connectivity index (χ1v) is 7.56. The molecule has 0 aliphatic carbocycles. The van der Waals surface area contributed by atoms with Crippen LogP contribution in [0.2, 0.25) is 0 Å². The Kier molecular flexibility index (Phi) is 4.61. The molecule has 0 aromatic carbocycles. The lowest BCUT2D eigenvalue weighted by molar-refractivity contribution is 0.786. The molecule has 5 nitrogen and oxygen atoms in total. The Balaban J connectivity index is 2.18. The standard InChI is InChI=1S/C13H17N5S2/c1-7(13-15-4-5-20-13)6-16-12-10(11(14)19)8(2)9(3)17-18-12/h4-5,7H,6H2,1-3H3,(H2,14,19)(H,16,18). The number of thiazole rings is 1. The lowest BCUT2D eigenvalue weighted by Crippen LogP contribution is -2.20. The van der Waals surface area contributed by atoms with Gasteiger partial charge in [-0.15, -0.1) is 16.4 Å². The van der Waals surface area contributed by atoms with Crippen LogP contribution in [0.5, 0.6) is 0 Å². The van der Waals surface area contributed by atoms with Gasteiger partial charge in [0.05, 0.1) is 16.3 Å². The van der Waals surface area contributed by atoms with E-state index in [1.807, 2.05) is 25.4 Å². The number of thiocarbonyl (C=S) groups is 1. The lowest BCUT2D eigenvalue weighted by Gasteiger charge is -2.15. The summed E-state index contributed by atoms with van der Waals surface area (Å²) >= 11 is 6.76. The van der Waals surface area contributed by atoms with Crippen molar-refractivity contribution >= 4 is 34.4 Å². The van der Waals surface area contributed by atoms with Crippen molar-refractivity contribution in [1.82, 2.24) is 15.2 Å². The number of rotatable bonds is 5. The molecule has 2 heterocycles. The average Bonchev–Trinajstić information content (AvgIpc) is 2.93. The smallest absolute Gasteiger partial charge is 0.159 e. The zero-order valence-electron chi connectivity index (χ0n) is 11.7. The normalized spacial score (nSPS) is 12.2. The van der Waals surface area contributed by atoms with Gasteiger partial charge in [0.25, 0.3) is 0 Å². The van der Waals surface area contributed by atoms with E-state index in [1.54, 1.807) is 11.3 Å². The first kappa shape index (κ1) is 14.8. The van der Waals surface area contributed by atoms with Crippen molar-refractivity contribution < 1.29 is 0 Å². The number of hydrogen-bond acceptors (Lipinski definition) is 6. The van der Waals surface area contributed by atoms with Crippen LogP contribution < -0.4 is 11.1 Å². The molecule has 1 atom stereocenters. The number of aryl methyl sites for hydroxylation is 1. The van der Waals surface area contributed by atoms with Crippen molar-refractivity contribution in [2.75, 3.05) is 11.9 Å². The Hall–Kier alpha value is -1.60. The lowest BCUT2D eigenvalue weighted by atomic mass is 10.1. The second-order valence-electron chi connectivity index (χ2n) is 4.65. The van der Waals surface area contributed by atoms with Gasteiger partial charge < -0.3 is 11.1 Å². The van der Waals surface area contributed by atoms with Crippen molar-refractivity contribution in [1.29, 1.82) is 0 Å². The predicted molar refractivity (Wildman–Crippen MR) is 86.4 cm³/mol. The molecule has 0 amide bonds. The number of nitrogens with one attached hydrogen (secondary N) is 1. The zero-order valence-corrected chi connectivity index (χ0v) is 13.3. The molecule has 3 N–H and O–H groups in total. The van der Waals surface area contributed by atoms with Crippen LogP contribution in [0.4, 0.5) is 5.82 Å². The molecule has 0 spiro atoms. The third-order valence-corrected chi connectivity index (χ3v) is 4.36. The molecular weight excluding hydrogens is 290 g/mol. The molecule has 20 heavy (non-hydrogen) atoms. The largest absolute Gasteiger partial charge is 0.389 e. The van der Waals surface area contributed by atoms with E-state index in [9.17, 15) is 0 Å². The molecule has 0 saturated heterocycles. The third kappa shape index (κ3) is 3.10. The van der Waals surface area contributed by atoms with Crippen molar-refractivity contribution in [3.05, 3.63) is 33.4 Å². The van der Waals surface area contributed by atoms with Gasteiger partial charge >= 0.3 is 0 Å². The van der Waals surface area contributed by atoms with Crippen molar-refractivity contribution in [2.24, 2.45) is 5.73 Å². The molecule has 2 rings (SSSR count). The number of anilines is 1. The fourth-order valence-corrected chi connectivity index (χ4v) is 2.80. The summed E-state index contributed by atoms with van der Waals surface area (Å²) < 4.78 is 0. The van der Waals surface area contributed by atoms with E-state index in [1.165, 1.54) is 0 Å². The Bertz CT molecular complexity index is 609. The van der Waals surface area contributed by atoms with Gasteiger partial charge in [0.2, 0.25) is 0 Å². The number of hydrogen-bond donors (Lipinski definition) is 2. The topological polar surface area (TPSA) is 76.7 Å². The van der Waals surface area contributed by atoms with Crippen LogP contribution in [0.25, 0.3) is 0 Å². The first-order valence-electron chi connectivity index (χ1n) is 6.27. The van der Waals surface area contributed by atoms with E-state index < -0.39 is 0 Å². The van der Waals surface area contributed by atoms with E-state index >= 15 is 0 Å². The van der Waals surface area contributed by atoms with Crippen LogP contribution in [-0.2, 0) is 0 Å². The molecule has 0 aliphatic heterocycles.